The molecule has 5 nitrogen and oxygen atoms in total. The summed E-state index contributed by atoms with van der Waals surface area (Å²) in [6.45, 7) is 4.41. The molecule has 0 atom stereocenters. The number of alkyl halides is 23. The molecule has 0 aliphatic carbocycles. The van der Waals surface area contributed by atoms with Crippen LogP contribution in [-0.2, 0) is 8.98 Å². The third-order valence-electron chi connectivity index (χ3n) is 10.1. The number of carbonyl (C=O) groups is 1. The van der Waals surface area contributed by atoms with Gasteiger partial charge in [-0.25, -0.2) is 4.79 Å². The van der Waals surface area contributed by atoms with E-state index in [1.807, 2.05) is 0 Å². The Morgan fingerprint density at radius 2 is 0.718 bits per heavy atom. The summed E-state index contributed by atoms with van der Waals surface area (Å²) in [5, 5.41) is 0. The average Bonchev–Trinajstić information content (AvgIpc) is 3.28. The number of rotatable bonds is 26. The van der Waals surface area contributed by atoms with Crippen LogP contribution in [0.3, 0.4) is 0 Å². The maximum atomic E-state index is 16.0. The van der Waals surface area contributed by atoms with Crippen molar-refractivity contribution in [3.63, 3.8) is 0 Å². The molecule has 3 aromatic carbocycles. The summed E-state index contributed by atoms with van der Waals surface area (Å²) in [7, 11) is -4.82. The monoisotopic (exact) mass is 1090 g/mol. The van der Waals surface area contributed by atoms with Crippen molar-refractivity contribution in [2.75, 3.05) is 19.8 Å². The first-order valence-electron chi connectivity index (χ1n) is 20.4. The molecule has 0 heterocycles. The van der Waals surface area contributed by atoms with Crippen LogP contribution in [0.4, 0.5) is 101 Å². The lowest BCUT2D eigenvalue weighted by atomic mass is 9.85. The fraction of sp³-hybridized carbons (Fsp3) is 0.548. The van der Waals surface area contributed by atoms with Crippen LogP contribution in [0.25, 0.3) is 0 Å². The maximum Gasteiger partial charge on any atom is 0.460 e. The molecule has 3 aromatic rings. The van der Waals surface area contributed by atoms with Gasteiger partial charge in [-0.3, -0.25) is 0 Å². The lowest BCUT2D eigenvalue weighted by Crippen LogP contribution is -2.78. The minimum Gasteiger partial charge on any atom is -0.493 e. The van der Waals surface area contributed by atoms with E-state index in [1.165, 1.54) is 12.1 Å². The Bertz CT molecular complexity index is 2170. The van der Waals surface area contributed by atoms with E-state index in [9.17, 15) is 70.7 Å². The second kappa shape index (κ2) is 21.0. The molecule has 0 radical (unpaired) electrons. The van der Waals surface area contributed by atoms with Gasteiger partial charge in [-0.05, 0) is 43.5 Å². The summed E-state index contributed by atoms with van der Waals surface area (Å²) < 4.78 is 353. The molecule has 0 unspecified atom stereocenters. The predicted octanol–water partition coefficient (Wildman–Crippen LogP) is 15.9. The van der Waals surface area contributed by atoms with Crippen LogP contribution >= 0.6 is 10.3 Å². The van der Waals surface area contributed by atoms with E-state index in [1.54, 1.807) is 20.8 Å². The molecule has 0 saturated heterocycles. The average molecular weight is 1090 g/mol. The Labute approximate surface area is 389 Å². The van der Waals surface area contributed by atoms with Gasteiger partial charge in [0.2, 0.25) is 0 Å². The molecule has 0 aliphatic heterocycles. The molecule has 0 amide bonds. The highest BCUT2D eigenvalue weighted by atomic mass is 32.3. The van der Waals surface area contributed by atoms with E-state index in [4.69, 9.17) is 18.4 Å². The van der Waals surface area contributed by atoms with Crippen LogP contribution in [0.15, 0.2) is 87.5 Å². The fourth-order valence-corrected chi connectivity index (χ4v) is 9.14. The molecule has 404 valence electrons. The zero-order chi connectivity index (χ0) is 54.7. The van der Waals surface area contributed by atoms with Gasteiger partial charge >= 0.3 is 71.4 Å². The van der Waals surface area contributed by atoms with Crippen LogP contribution in [0.5, 0.6) is 17.2 Å². The highest BCUT2D eigenvalue weighted by molar-refractivity contribution is 8.30. The van der Waals surface area contributed by atoms with E-state index < -0.39 is 108 Å². The molecule has 0 fully saturated rings. The van der Waals surface area contributed by atoms with E-state index in [-0.39, 0.29) is 38.4 Å². The molecule has 0 N–H and O–H groups in total. The number of hydrogen-bond donors (Lipinski definition) is 0. The third-order valence-corrected chi connectivity index (χ3v) is 13.3. The SMILES string of the molecule is CCCCOc1cc(OCCCC)c(S(OC(=O)C(F)(F)C(F)(F)C(F)(F)C(F)(F)C(F)(F)C(F)(F)C(F)(F)C(F)(F)C(F)(F)C(F)(F)C(F)(F)F)(c2ccccc2)c2ccccc2)c(OCCCC)c1. The van der Waals surface area contributed by atoms with Crippen LogP contribution in [-0.4, -0.2) is 91.2 Å². The van der Waals surface area contributed by atoms with Crippen LogP contribution < -0.4 is 14.2 Å². The van der Waals surface area contributed by atoms with Gasteiger partial charge in [0.15, 0.2) is 0 Å². The van der Waals surface area contributed by atoms with Crippen molar-refractivity contribution < 1.29 is 124 Å². The molecule has 0 spiro atoms. The third kappa shape index (κ3) is 10.0. The van der Waals surface area contributed by atoms with Gasteiger partial charge in [-0.2, -0.15) is 101 Å². The van der Waals surface area contributed by atoms with Crippen molar-refractivity contribution in [3.8, 4) is 17.2 Å². The van der Waals surface area contributed by atoms with Gasteiger partial charge in [0.25, 0.3) is 0 Å². The largest absolute Gasteiger partial charge is 0.493 e. The lowest BCUT2D eigenvalue weighted by molar-refractivity contribution is -0.477. The number of hydrogen-bond acceptors (Lipinski definition) is 5. The molecule has 71 heavy (non-hydrogen) atoms. The van der Waals surface area contributed by atoms with Crippen molar-refractivity contribution in [2.24, 2.45) is 0 Å². The van der Waals surface area contributed by atoms with Gasteiger partial charge in [0.1, 0.15) is 22.1 Å². The molecular weight excluding hydrogens is 1050 g/mol. The second-order valence-corrected chi connectivity index (χ2v) is 17.8. The number of halogens is 23. The zero-order valence-corrected chi connectivity index (χ0v) is 37.3. The molecular formula is C42H39F23O5S. The number of carbonyl (C=O) groups excluding carboxylic acids is 1. The standard InChI is InChI=1S/C42H39F23O5S/c1-4-7-20-67-25-23-28(68-21-8-5-2)30(29(24-25)69-22-9-6-3)71(26-16-12-10-13-17-26,27-18-14-11-15-19-27)70-31(66)32(43,44)33(45,46)34(47,48)35(49,50)36(51,52)37(53,54)38(55,56)39(57,58)40(59,60)41(61,62)42(63,64)65/h10-19,23-24H,4-9,20-22H2,1-3H3. The van der Waals surface area contributed by atoms with Gasteiger partial charge in [0, 0.05) is 32.2 Å². The van der Waals surface area contributed by atoms with E-state index >= 15 is 35.1 Å². The van der Waals surface area contributed by atoms with Gasteiger partial charge < -0.3 is 18.4 Å². The first kappa shape index (κ1) is 60.6. The van der Waals surface area contributed by atoms with Crippen molar-refractivity contribution in [1.82, 2.24) is 0 Å². The summed E-state index contributed by atoms with van der Waals surface area (Å²) in [5.74, 6) is -96.5. The lowest BCUT2D eigenvalue weighted by Gasteiger charge is -2.45. The first-order valence-corrected chi connectivity index (χ1v) is 21.9. The molecule has 0 aliphatic rings. The Morgan fingerprint density at radius 3 is 1.03 bits per heavy atom. The number of benzene rings is 3. The van der Waals surface area contributed by atoms with E-state index in [0.717, 1.165) is 60.7 Å². The van der Waals surface area contributed by atoms with Gasteiger partial charge in [0.05, 0.1) is 19.8 Å². The molecule has 0 aromatic heterocycles. The van der Waals surface area contributed by atoms with E-state index in [0.29, 0.717) is 25.7 Å². The van der Waals surface area contributed by atoms with Crippen LogP contribution in [0.1, 0.15) is 59.3 Å². The smallest absolute Gasteiger partial charge is 0.460 e. The van der Waals surface area contributed by atoms with Crippen LogP contribution in [0.2, 0.25) is 0 Å². The van der Waals surface area contributed by atoms with E-state index in [2.05, 4.69) is 0 Å². The normalized spacial score (nSPS) is 14.6. The Hall–Kier alpha value is -4.73. The maximum absolute atomic E-state index is 16.0. The van der Waals surface area contributed by atoms with Gasteiger partial charge in [-0.1, -0.05) is 76.4 Å². The topological polar surface area (TPSA) is 54.0 Å². The molecule has 29 heteroatoms. The highest BCUT2D eigenvalue weighted by Crippen LogP contribution is 2.75. The van der Waals surface area contributed by atoms with Crippen molar-refractivity contribution in [3.05, 3.63) is 72.8 Å². The zero-order valence-electron chi connectivity index (χ0n) is 36.4. The molecule has 0 bridgehead atoms. The van der Waals surface area contributed by atoms with Crippen molar-refractivity contribution in [1.29, 1.82) is 0 Å². The number of unbranched alkanes of at least 4 members (excludes halogenated alkanes) is 3. The predicted molar refractivity (Wildman–Crippen MR) is 205 cm³/mol. The summed E-state index contributed by atoms with van der Waals surface area (Å²) >= 11 is 0. The summed E-state index contributed by atoms with van der Waals surface area (Å²) in [6.07, 6.45) is -6.13. The minimum absolute atomic E-state index is 0.0192. The summed E-state index contributed by atoms with van der Waals surface area (Å²) in [6, 6.07) is 12.5. The van der Waals surface area contributed by atoms with Crippen molar-refractivity contribution in [2.45, 2.75) is 139 Å². The number of ether oxygens (including phenoxy) is 3. The molecule has 0 saturated carbocycles. The Morgan fingerprint density at radius 1 is 0.423 bits per heavy atom. The van der Waals surface area contributed by atoms with Gasteiger partial charge in [-0.15, -0.1) is 0 Å². The Kier molecular flexibility index (Phi) is 17.9. The quantitative estimate of drug-likeness (QED) is 0.0592. The highest BCUT2D eigenvalue weighted by Gasteiger charge is 2.99. The second-order valence-electron chi connectivity index (χ2n) is 15.1. The van der Waals surface area contributed by atoms with Crippen LogP contribution in [0, 0.1) is 0 Å². The summed E-state index contributed by atoms with van der Waals surface area (Å²) in [5.41, 5.74) is 0. The summed E-state index contributed by atoms with van der Waals surface area (Å²) in [4.78, 5) is 11.8. The fourth-order valence-electron chi connectivity index (χ4n) is 5.90. The van der Waals surface area contributed by atoms with Crippen molar-refractivity contribution >= 4 is 16.3 Å². The minimum atomic E-state index is -9.61. The Balaban J connectivity index is 2.43. The first-order chi connectivity index (χ1) is 32.3. The molecule has 3 rings (SSSR count).